The fourth-order valence-electron chi connectivity index (χ4n) is 5.29. The molecule has 1 aliphatic carbocycles. The van der Waals surface area contributed by atoms with Crippen LogP contribution in [0.3, 0.4) is 0 Å². The third-order valence-corrected chi connectivity index (χ3v) is 7.02. The minimum Gasteiger partial charge on any atom is -0.379 e. The number of morpholine rings is 2. The quantitative estimate of drug-likeness (QED) is 0.697. The van der Waals surface area contributed by atoms with Crippen molar-refractivity contribution in [2.24, 2.45) is 5.92 Å². The Hall–Kier alpha value is -1.96. The summed E-state index contributed by atoms with van der Waals surface area (Å²) in [7, 11) is 0. The molecule has 0 radical (unpaired) electrons. The van der Waals surface area contributed by atoms with E-state index in [9.17, 15) is 9.59 Å². The summed E-state index contributed by atoms with van der Waals surface area (Å²) in [5.74, 6) is 0.342. The normalized spacial score (nSPS) is 22.8. The first-order valence-corrected chi connectivity index (χ1v) is 12.2. The molecule has 1 saturated carbocycles. The first-order valence-electron chi connectivity index (χ1n) is 12.2. The third-order valence-electron chi connectivity index (χ3n) is 7.02. The molecule has 1 N–H and O–H groups in total. The average Bonchev–Trinajstić information content (AvgIpc) is 2.86. The minimum atomic E-state index is -0.560. The molecule has 3 aliphatic rings. The van der Waals surface area contributed by atoms with Crippen molar-refractivity contribution >= 4 is 11.8 Å². The van der Waals surface area contributed by atoms with Crippen LogP contribution in [0.1, 0.15) is 37.7 Å². The molecule has 176 valence electrons. The van der Waals surface area contributed by atoms with Crippen molar-refractivity contribution in [3.63, 3.8) is 0 Å². The van der Waals surface area contributed by atoms with Gasteiger partial charge in [-0.1, -0.05) is 49.6 Å². The number of nitrogens with one attached hydrogen (secondary N) is 1. The Bertz CT molecular complexity index is 708. The van der Waals surface area contributed by atoms with E-state index < -0.39 is 6.04 Å². The Morgan fingerprint density at radius 3 is 2.19 bits per heavy atom. The van der Waals surface area contributed by atoms with Crippen LogP contribution in [0, 0.1) is 5.92 Å². The van der Waals surface area contributed by atoms with Crippen LogP contribution in [-0.2, 0) is 25.5 Å². The highest BCUT2D eigenvalue weighted by Crippen LogP contribution is 2.30. The maximum Gasteiger partial charge on any atom is 0.245 e. The lowest BCUT2D eigenvalue weighted by molar-refractivity contribution is -0.142. The molecular weight excluding hydrogens is 406 g/mol. The van der Waals surface area contributed by atoms with Crippen molar-refractivity contribution in [1.82, 2.24) is 15.1 Å². The van der Waals surface area contributed by atoms with Crippen LogP contribution in [0.25, 0.3) is 0 Å². The zero-order chi connectivity index (χ0) is 22.2. The summed E-state index contributed by atoms with van der Waals surface area (Å²) in [6.45, 7) is 5.13. The molecule has 3 fully saturated rings. The lowest BCUT2D eigenvalue weighted by Crippen LogP contribution is -2.59. The maximum absolute atomic E-state index is 13.7. The molecule has 2 saturated heterocycles. The van der Waals surface area contributed by atoms with Gasteiger partial charge in [0.25, 0.3) is 0 Å². The van der Waals surface area contributed by atoms with Crippen LogP contribution in [0.2, 0.25) is 0 Å². The summed E-state index contributed by atoms with van der Waals surface area (Å²) < 4.78 is 11.0. The van der Waals surface area contributed by atoms with Gasteiger partial charge in [0, 0.05) is 32.6 Å². The van der Waals surface area contributed by atoms with Crippen molar-refractivity contribution in [1.29, 1.82) is 0 Å². The lowest BCUT2D eigenvalue weighted by Gasteiger charge is -2.40. The van der Waals surface area contributed by atoms with Crippen LogP contribution in [0.15, 0.2) is 30.3 Å². The number of benzene rings is 1. The van der Waals surface area contributed by atoms with Gasteiger partial charge in [0.05, 0.1) is 32.5 Å². The molecule has 2 aliphatic heterocycles. The number of rotatable bonds is 7. The number of ether oxygens (including phenoxy) is 2. The molecule has 1 aromatic rings. The SMILES string of the molecule is O=C(NC(Cc1ccccc1)C(=O)N1CCOCC1)C(C1CCCCC1)N1CCOCC1. The molecule has 0 spiro atoms. The smallest absolute Gasteiger partial charge is 0.245 e. The van der Waals surface area contributed by atoms with E-state index in [2.05, 4.69) is 10.2 Å². The summed E-state index contributed by atoms with van der Waals surface area (Å²) in [6.07, 6.45) is 6.27. The van der Waals surface area contributed by atoms with Gasteiger partial charge in [0.1, 0.15) is 6.04 Å². The summed E-state index contributed by atoms with van der Waals surface area (Å²) in [4.78, 5) is 31.3. The fourth-order valence-corrected chi connectivity index (χ4v) is 5.29. The zero-order valence-corrected chi connectivity index (χ0v) is 19.0. The molecule has 7 nitrogen and oxygen atoms in total. The Labute approximate surface area is 191 Å². The molecule has 32 heavy (non-hydrogen) atoms. The van der Waals surface area contributed by atoms with Gasteiger partial charge in [0.15, 0.2) is 0 Å². The molecule has 0 bridgehead atoms. The number of amides is 2. The van der Waals surface area contributed by atoms with E-state index in [1.54, 1.807) is 0 Å². The third kappa shape index (κ3) is 6.09. The van der Waals surface area contributed by atoms with E-state index in [0.29, 0.717) is 51.9 Å². The van der Waals surface area contributed by atoms with Gasteiger partial charge < -0.3 is 19.7 Å². The maximum atomic E-state index is 13.7. The van der Waals surface area contributed by atoms with E-state index >= 15 is 0 Å². The standard InChI is InChI=1S/C25H37N3O4/c29-24(23(21-9-5-2-6-10-21)27-11-15-31-16-12-27)26-22(19-20-7-3-1-4-8-20)25(30)28-13-17-32-18-14-28/h1,3-4,7-8,21-23H,2,5-6,9-19H2,(H,26,29). The van der Waals surface area contributed by atoms with Gasteiger partial charge in [-0.15, -0.1) is 0 Å². The van der Waals surface area contributed by atoms with Gasteiger partial charge in [-0.05, 0) is 24.3 Å². The van der Waals surface area contributed by atoms with Gasteiger partial charge in [-0.2, -0.15) is 0 Å². The lowest BCUT2D eigenvalue weighted by atomic mass is 9.82. The van der Waals surface area contributed by atoms with Gasteiger partial charge in [-0.25, -0.2) is 0 Å². The Morgan fingerprint density at radius 2 is 1.53 bits per heavy atom. The summed E-state index contributed by atoms with van der Waals surface area (Å²) in [5, 5.41) is 3.20. The Morgan fingerprint density at radius 1 is 0.906 bits per heavy atom. The van der Waals surface area contributed by atoms with Crippen molar-refractivity contribution in [3.8, 4) is 0 Å². The van der Waals surface area contributed by atoms with Crippen molar-refractivity contribution in [3.05, 3.63) is 35.9 Å². The summed E-state index contributed by atoms with van der Waals surface area (Å²) >= 11 is 0. The molecule has 2 atom stereocenters. The molecule has 2 unspecified atom stereocenters. The molecular formula is C25H37N3O4. The van der Waals surface area contributed by atoms with Gasteiger partial charge in [0.2, 0.25) is 11.8 Å². The van der Waals surface area contributed by atoms with E-state index in [-0.39, 0.29) is 17.9 Å². The van der Waals surface area contributed by atoms with Crippen LogP contribution < -0.4 is 5.32 Å². The predicted octanol–water partition coefficient (Wildman–Crippen LogP) is 1.85. The first-order chi connectivity index (χ1) is 15.7. The number of hydrogen-bond donors (Lipinski definition) is 1. The number of hydrogen-bond acceptors (Lipinski definition) is 5. The highest BCUT2D eigenvalue weighted by Gasteiger charge is 2.37. The highest BCUT2D eigenvalue weighted by atomic mass is 16.5. The average molecular weight is 444 g/mol. The van der Waals surface area contributed by atoms with Crippen LogP contribution in [-0.4, -0.2) is 86.3 Å². The largest absolute Gasteiger partial charge is 0.379 e. The van der Waals surface area contributed by atoms with Crippen LogP contribution in [0.5, 0.6) is 0 Å². The van der Waals surface area contributed by atoms with Crippen molar-refractivity contribution in [2.45, 2.75) is 50.6 Å². The summed E-state index contributed by atoms with van der Waals surface area (Å²) in [5.41, 5.74) is 1.06. The number of carbonyl (C=O) groups excluding carboxylic acids is 2. The topological polar surface area (TPSA) is 71.1 Å². The Kier molecular flexibility index (Phi) is 8.54. The second-order valence-electron chi connectivity index (χ2n) is 9.18. The second-order valence-corrected chi connectivity index (χ2v) is 9.18. The van der Waals surface area contributed by atoms with Crippen molar-refractivity contribution in [2.75, 3.05) is 52.6 Å². The van der Waals surface area contributed by atoms with E-state index in [1.807, 2.05) is 35.2 Å². The van der Waals surface area contributed by atoms with E-state index in [1.165, 1.54) is 19.3 Å². The summed E-state index contributed by atoms with van der Waals surface area (Å²) in [6, 6.07) is 9.22. The molecule has 7 heteroatoms. The van der Waals surface area contributed by atoms with Gasteiger partial charge in [-0.3, -0.25) is 14.5 Å². The second kappa shape index (κ2) is 11.8. The number of nitrogens with zero attached hydrogens (tertiary/aromatic N) is 2. The number of carbonyl (C=O) groups is 2. The monoisotopic (exact) mass is 443 g/mol. The highest BCUT2D eigenvalue weighted by molar-refractivity contribution is 5.90. The molecule has 2 amide bonds. The molecule has 2 heterocycles. The molecule has 4 rings (SSSR count). The predicted molar refractivity (Wildman–Crippen MR) is 122 cm³/mol. The Balaban J connectivity index is 1.51. The van der Waals surface area contributed by atoms with Crippen LogP contribution >= 0.6 is 0 Å². The van der Waals surface area contributed by atoms with Crippen molar-refractivity contribution < 1.29 is 19.1 Å². The zero-order valence-electron chi connectivity index (χ0n) is 19.0. The van der Waals surface area contributed by atoms with E-state index in [4.69, 9.17) is 9.47 Å². The van der Waals surface area contributed by atoms with Crippen LogP contribution in [0.4, 0.5) is 0 Å². The minimum absolute atomic E-state index is 0.00124. The van der Waals surface area contributed by atoms with Gasteiger partial charge >= 0.3 is 0 Å². The first kappa shape index (κ1) is 23.2. The fraction of sp³-hybridized carbons (Fsp3) is 0.680. The van der Waals surface area contributed by atoms with E-state index in [0.717, 1.165) is 31.5 Å². The molecule has 1 aromatic carbocycles. The molecule has 0 aromatic heterocycles.